The van der Waals surface area contributed by atoms with E-state index in [9.17, 15) is 0 Å². The van der Waals surface area contributed by atoms with Crippen molar-refractivity contribution < 1.29 is 9.47 Å². The van der Waals surface area contributed by atoms with Crippen LogP contribution in [0.2, 0.25) is 5.02 Å². The summed E-state index contributed by atoms with van der Waals surface area (Å²) in [7, 11) is 3.07. The highest BCUT2D eigenvalue weighted by Crippen LogP contribution is 2.31. The Hall–Kier alpha value is -1.53. The van der Waals surface area contributed by atoms with Crippen LogP contribution in [0.4, 0.5) is 0 Å². The molecule has 92 valence electrons. The van der Waals surface area contributed by atoms with Crippen LogP contribution in [0.3, 0.4) is 0 Å². The molecule has 0 atom stereocenters. The van der Waals surface area contributed by atoms with E-state index in [4.69, 9.17) is 26.8 Å². The Labute approximate surface area is 110 Å². The van der Waals surface area contributed by atoms with Crippen LogP contribution in [0.15, 0.2) is 17.2 Å². The lowest BCUT2D eigenvalue weighted by Crippen LogP contribution is -2.24. The predicted molar refractivity (Wildman–Crippen MR) is 72.1 cm³/mol. The minimum Gasteiger partial charge on any atom is -0.496 e. The maximum absolute atomic E-state index is 5.99. The van der Waals surface area contributed by atoms with Crippen molar-refractivity contribution in [2.75, 3.05) is 14.2 Å². The van der Waals surface area contributed by atoms with Gasteiger partial charge < -0.3 is 15.2 Å². The van der Waals surface area contributed by atoms with Crippen molar-refractivity contribution in [2.45, 2.75) is 0 Å². The molecule has 0 spiro atoms. The Kier molecular flexibility index (Phi) is 4.99. The maximum atomic E-state index is 5.99. The van der Waals surface area contributed by atoms with E-state index in [1.807, 2.05) is 0 Å². The lowest BCUT2D eigenvalue weighted by atomic mass is 10.2. The highest BCUT2D eigenvalue weighted by Gasteiger charge is 2.08. The summed E-state index contributed by atoms with van der Waals surface area (Å²) in [6.45, 7) is 0. The first kappa shape index (κ1) is 13.5. The fourth-order valence-electron chi connectivity index (χ4n) is 1.15. The third kappa shape index (κ3) is 3.76. The van der Waals surface area contributed by atoms with Crippen LogP contribution >= 0.6 is 23.8 Å². The standard InChI is InChI=1S/C10H12ClN3O2S/c1-15-8-4-9(16-2)7(11)3-6(8)5-13-14-10(12)17/h3-5H,1-2H3,(H3,12,14,17)/b13-5-. The minimum atomic E-state index is 0.0832. The molecule has 0 aliphatic heterocycles. The quantitative estimate of drug-likeness (QED) is 0.495. The molecule has 0 heterocycles. The van der Waals surface area contributed by atoms with Crippen molar-refractivity contribution in [1.82, 2.24) is 5.43 Å². The fraction of sp³-hybridized carbons (Fsp3) is 0.200. The van der Waals surface area contributed by atoms with E-state index in [0.717, 1.165) is 0 Å². The van der Waals surface area contributed by atoms with E-state index in [1.54, 1.807) is 19.2 Å². The Balaban J connectivity index is 3.02. The zero-order chi connectivity index (χ0) is 12.8. The zero-order valence-electron chi connectivity index (χ0n) is 9.36. The average Bonchev–Trinajstić information content (AvgIpc) is 2.29. The maximum Gasteiger partial charge on any atom is 0.184 e. The Morgan fingerprint density at radius 1 is 1.41 bits per heavy atom. The molecule has 0 unspecified atom stereocenters. The molecule has 0 radical (unpaired) electrons. The number of nitrogens with one attached hydrogen (secondary N) is 1. The van der Waals surface area contributed by atoms with Gasteiger partial charge in [-0.15, -0.1) is 0 Å². The molecule has 0 aromatic heterocycles. The normalized spacial score (nSPS) is 10.3. The monoisotopic (exact) mass is 273 g/mol. The van der Waals surface area contributed by atoms with E-state index < -0.39 is 0 Å². The number of halogens is 1. The number of ether oxygens (including phenoxy) is 2. The number of methoxy groups -OCH3 is 2. The molecule has 0 amide bonds. The summed E-state index contributed by atoms with van der Waals surface area (Å²) < 4.78 is 10.3. The molecule has 0 saturated heterocycles. The first-order chi connectivity index (χ1) is 8.08. The van der Waals surface area contributed by atoms with Crippen molar-refractivity contribution in [3.8, 4) is 11.5 Å². The van der Waals surface area contributed by atoms with Gasteiger partial charge in [-0.25, -0.2) is 0 Å². The Bertz CT molecular complexity index is 451. The predicted octanol–water partition coefficient (Wildman–Crippen LogP) is 1.52. The number of hydrazone groups is 1. The molecule has 7 heteroatoms. The van der Waals surface area contributed by atoms with Crippen LogP contribution in [0.25, 0.3) is 0 Å². The Morgan fingerprint density at radius 3 is 2.59 bits per heavy atom. The van der Waals surface area contributed by atoms with Crippen molar-refractivity contribution >= 4 is 35.1 Å². The van der Waals surface area contributed by atoms with Crippen molar-refractivity contribution in [1.29, 1.82) is 0 Å². The number of rotatable bonds is 4. The molecule has 1 rings (SSSR count). The van der Waals surface area contributed by atoms with E-state index in [2.05, 4.69) is 22.7 Å². The summed E-state index contributed by atoms with van der Waals surface area (Å²) >= 11 is 10.6. The molecule has 3 N–H and O–H groups in total. The molecule has 0 aliphatic carbocycles. The molecule has 1 aromatic rings. The first-order valence-electron chi connectivity index (χ1n) is 4.58. The van der Waals surface area contributed by atoms with Gasteiger partial charge in [0.2, 0.25) is 0 Å². The first-order valence-corrected chi connectivity index (χ1v) is 5.37. The van der Waals surface area contributed by atoms with Crippen molar-refractivity contribution in [2.24, 2.45) is 10.8 Å². The van der Waals surface area contributed by atoms with Crippen LogP contribution in [-0.4, -0.2) is 25.5 Å². The lowest BCUT2D eigenvalue weighted by Gasteiger charge is -2.09. The van der Waals surface area contributed by atoms with Gasteiger partial charge in [-0.1, -0.05) is 11.6 Å². The molecular formula is C10H12ClN3O2S. The highest BCUT2D eigenvalue weighted by molar-refractivity contribution is 7.80. The number of nitrogens with zero attached hydrogens (tertiary/aromatic N) is 1. The minimum absolute atomic E-state index is 0.0832. The smallest absolute Gasteiger partial charge is 0.184 e. The largest absolute Gasteiger partial charge is 0.496 e. The molecule has 0 bridgehead atoms. The summed E-state index contributed by atoms with van der Waals surface area (Å²) in [4.78, 5) is 0. The molecule has 5 nitrogen and oxygen atoms in total. The fourth-order valence-corrected chi connectivity index (χ4v) is 1.45. The van der Waals surface area contributed by atoms with Crippen LogP contribution in [0.1, 0.15) is 5.56 Å². The van der Waals surface area contributed by atoms with E-state index in [1.165, 1.54) is 13.3 Å². The molecular weight excluding hydrogens is 262 g/mol. The van der Waals surface area contributed by atoms with Gasteiger partial charge in [0.25, 0.3) is 0 Å². The molecule has 0 aliphatic rings. The summed E-state index contributed by atoms with van der Waals surface area (Å²) in [5, 5.41) is 4.37. The molecule has 17 heavy (non-hydrogen) atoms. The number of hydrogen-bond acceptors (Lipinski definition) is 4. The Morgan fingerprint density at radius 2 is 2.06 bits per heavy atom. The van der Waals surface area contributed by atoms with E-state index in [0.29, 0.717) is 22.1 Å². The van der Waals surface area contributed by atoms with Crippen LogP contribution < -0.4 is 20.6 Å². The van der Waals surface area contributed by atoms with E-state index >= 15 is 0 Å². The second-order valence-electron chi connectivity index (χ2n) is 2.96. The third-order valence-corrected chi connectivity index (χ3v) is 2.27. The van der Waals surface area contributed by atoms with Crippen LogP contribution in [0, 0.1) is 0 Å². The van der Waals surface area contributed by atoms with Crippen LogP contribution in [-0.2, 0) is 0 Å². The van der Waals surface area contributed by atoms with Gasteiger partial charge in [0.05, 0.1) is 25.5 Å². The van der Waals surface area contributed by atoms with Crippen LogP contribution in [0.5, 0.6) is 11.5 Å². The topological polar surface area (TPSA) is 68.9 Å². The number of thiocarbonyl (C=S) groups is 1. The van der Waals surface area contributed by atoms with Gasteiger partial charge in [0.1, 0.15) is 11.5 Å². The number of hydrogen-bond donors (Lipinski definition) is 2. The molecule has 1 aromatic carbocycles. The van der Waals surface area contributed by atoms with Gasteiger partial charge in [-0.3, -0.25) is 5.43 Å². The van der Waals surface area contributed by atoms with Gasteiger partial charge in [0, 0.05) is 11.6 Å². The second kappa shape index (κ2) is 6.27. The third-order valence-electron chi connectivity index (χ3n) is 1.88. The second-order valence-corrected chi connectivity index (χ2v) is 3.81. The van der Waals surface area contributed by atoms with Gasteiger partial charge in [0.15, 0.2) is 5.11 Å². The van der Waals surface area contributed by atoms with Gasteiger partial charge in [-0.05, 0) is 18.3 Å². The summed E-state index contributed by atoms with van der Waals surface area (Å²) in [5.41, 5.74) is 8.36. The van der Waals surface area contributed by atoms with Crippen molar-refractivity contribution in [3.63, 3.8) is 0 Å². The highest BCUT2D eigenvalue weighted by atomic mass is 35.5. The number of nitrogens with two attached hydrogens (primary N) is 1. The van der Waals surface area contributed by atoms with Gasteiger partial charge in [-0.2, -0.15) is 5.10 Å². The zero-order valence-corrected chi connectivity index (χ0v) is 10.9. The molecule has 0 saturated carbocycles. The summed E-state index contributed by atoms with van der Waals surface area (Å²) in [6.07, 6.45) is 1.50. The average molecular weight is 274 g/mol. The summed E-state index contributed by atoms with van der Waals surface area (Å²) in [5.74, 6) is 1.11. The summed E-state index contributed by atoms with van der Waals surface area (Å²) in [6, 6.07) is 3.34. The van der Waals surface area contributed by atoms with Gasteiger partial charge >= 0.3 is 0 Å². The van der Waals surface area contributed by atoms with E-state index in [-0.39, 0.29) is 5.11 Å². The molecule has 0 fully saturated rings. The number of benzene rings is 1. The van der Waals surface area contributed by atoms with Crippen molar-refractivity contribution in [3.05, 3.63) is 22.7 Å². The SMILES string of the molecule is COc1cc(OC)c(/C=N\NC(N)=S)cc1Cl. The lowest BCUT2D eigenvalue weighted by molar-refractivity contribution is 0.394.